The van der Waals surface area contributed by atoms with Crippen molar-refractivity contribution in [3.05, 3.63) is 12.7 Å². The maximum atomic E-state index is 5.64. The van der Waals surface area contributed by atoms with Gasteiger partial charge in [0.1, 0.15) is 0 Å². The Bertz CT molecular complexity index is 159. The fourth-order valence-corrected chi connectivity index (χ4v) is 1.82. The van der Waals surface area contributed by atoms with E-state index in [-0.39, 0.29) is 0 Å². The molecule has 1 N–H and O–H groups in total. The van der Waals surface area contributed by atoms with E-state index in [0.717, 1.165) is 32.6 Å². The lowest BCUT2D eigenvalue weighted by atomic mass is 10.1. The molecule has 2 heteroatoms. The maximum Gasteiger partial charge on any atom is 0.0619 e. The van der Waals surface area contributed by atoms with Crippen molar-refractivity contribution >= 4 is 0 Å². The van der Waals surface area contributed by atoms with Gasteiger partial charge in [0.2, 0.25) is 0 Å². The smallest absolute Gasteiger partial charge is 0.0619 e. The lowest BCUT2D eigenvalue weighted by molar-refractivity contribution is 0.108. The van der Waals surface area contributed by atoms with Crippen molar-refractivity contribution in [3.8, 4) is 0 Å². The predicted octanol–water partition coefficient (Wildman–Crippen LogP) is 3.92. The van der Waals surface area contributed by atoms with Crippen LogP contribution < -0.4 is 5.32 Å². The van der Waals surface area contributed by atoms with Crippen molar-refractivity contribution in [1.82, 2.24) is 5.32 Å². The Hall–Kier alpha value is -0.340. The van der Waals surface area contributed by atoms with E-state index in [1.807, 2.05) is 6.08 Å². The van der Waals surface area contributed by atoms with Gasteiger partial charge in [-0.05, 0) is 38.6 Å². The van der Waals surface area contributed by atoms with Gasteiger partial charge in [-0.2, -0.15) is 0 Å². The molecular formula is C15H31NO. The lowest BCUT2D eigenvalue weighted by Gasteiger charge is -2.18. The summed E-state index contributed by atoms with van der Waals surface area (Å²) in [6, 6.07) is 0.547. The first kappa shape index (κ1) is 16.7. The van der Waals surface area contributed by atoms with Crippen molar-refractivity contribution in [2.24, 2.45) is 0 Å². The van der Waals surface area contributed by atoms with Gasteiger partial charge < -0.3 is 10.1 Å². The Morgan fingerprint density at radius 1 is 1.18 bits per heavy atom. The Morgan fingerprint density at radius 2 is 2.00 bits per heavy atom. The first-order valence-electron chi connectivity index (χ1n) is 7.27. The largest absolute Gasteiger partial charge is 0.380 e. The summed E-state index contributed by atoms with van der Waals surface area (Å²) in [6.07, 6.45) is 10.6. The molecule has 0 aliphatic rings. The highest BCUT2D eigenvalue weighted by molar-refractivity contribution is 4.68. The standard InChI is InChI=1S/C15H31NO/c1-4-7-8-9-10-11-15(16-12-5-2)14-17-13-6-3/h4,15-16H,1,5-14H2,2-3H3. The van der Waals surface area contributed by atoms with Crippen molar-refractivity contribution in [3.63, 3.8) is 0 Å². The first-order valence-corrected chi connectivity index (χ1v) is 7.27. The third-order valence-electron chi connectivity index (χ3n) is 2.81. The van der Waals surface area contributed by atoms with Gasteiger partial charge in [0, 0.05) is 12.6 Å². The predicted molar refractivity (Wildman–Crippen MR) is 76.5 cm³/mol. The van der Waals surface area contributed by atoms with Crippen molar-refractivity contribution in [1.29, 1.82) is 0 Å². The van der Waals surface area contributed by atoms with Gasteiger partial charge in [-0.15, -0.1) is 6.58 Å². The second-order valence-corrected chi connectivity index (χ2v) is 4.65. The van der Waals surface area contributed by atoms with Crippen LogP contribution in [-0.4, -0.2) is 25.8 Å². The molecule has 0 aromatic heterocycles. The summed E-state index contributed by atoms with van der Waals surface area (Å²) in [6.45, 7) is 11.0. The number of allylic oxidation sites excluding steroid dienone is 1. The van der Waals surface area contributed by atoms with Crippen molar-refractivity contribution < 1.29 is 4.74 Å². The topological polar surface area (TPSA) is 21.3 Å². The van der Waals surface area contributed by atoms with Gasteiger partial charge in [0.05, 0.1) is 6.61 Å². The highest BCUT2D eigenvalue weighted by Gasteiger charge is 2.07. The van der Waals surface area contributed by atoms with Crippen LogP contribution in [0, 0.1) is 0 Å². The summed E-state index contributed by atoms with van der Waals surface area (Å²) < 4.78 is 5.64. The molecule has 0 aromatic carbocycles. The van der Waals surface area contributed by atoms with E-state index in [1.165, 1.54) is 32.1 Å². The minimum atomic E-state index is 0.547. The molecule has 0 radical (unpaired) electrons. The molecule has 0 heterocycles. The molecule has 0 fully saturated rings. The number of ether oxygens (including phenoxy) is 1. The number of hydrogen-bond donors (Lipinski definition) is 1. The van der Waals surface area contributed by atoms with Crippen LogP contribution in [0.25, 0.3) is 0 Å². The second kappa shape index (κ2) is 13.7. The molecule has 0 saturated heterocycles. The van der Waals surface area contributed by atoms with Gasteiger partial charge in [-0.1, -0.05) is 32.8 Å². The zero-order chi connectivity index (χ0) is 12.8. The SMILES string of the molecule is C=CCCCCCC(COCCC)NCCC. The van der Waals surface area contributed by atoms with E-state index < -0.39 is 0 Å². The van der Waals surface area contributed by atoms with Crippen molar-refractivity contribution in [2.75, 3.05) is 19.8 Å². The Morgan fingerprint density at radius 3 is 2.65 bits per heavy atom. The maximum absolute atomic E-state index is 5.64. The Kier molecular flexibility index (Phi) is 13.4. The second-order valence-electron chi connectivity index (χ2n) is 4.65. The molecule has 17 heavy (non-hydrogen) atoms. The zero-order valence-electron chi connectivity index (χ0n) is 11.8. The van der Waals surface area contributed by atoms with Gasteiger partial charge in [0.15, 0.2) is 0 Å². The molecule has 2 nitrogen and oxygen atoms in total. The Labute approximate surface area is 108 Å². The Balaban J connectivity index is 3.56. The van der Waals surface area contributed by atoms with E-state index in [2.05, 4.69) is 25.7 Å². The molecule has 0 amide bonds. The van der Waals surface area contributed by atoms with Gasteiger partial charge in [0.25, 0.3) is 0 Å². The molecule has 0 aliphatic heterocycles. The summed E-state index contributed by atoms with van der Waals surface area (Å²) in [7, 11) is 0. The molecule has 1 atom stereocenters. The van der Waals surface area contributed by atoms with Gasteiger partial charge >= 0.3 is 0 Å². The fourth-order valence-electron chi connectivity index (χ4n) is 1.82. The number of unbranched alkanes of at least 4 members (excludes halogenated alkanes) is 3. The molecule has 102 valence electrons. The third kappa shape index (κ3) is 11.9. The molecule has 0 aliphatic carbocycles. The molecule has 0 saturated carbocycles. The van der Waals surface area contributed by atoms with Crippen LogP contribution in [0.2, 0.25) is 0 Å². The lowest BCUT2D eigenvalue weighted by Crippen LogP contribution is -2.34. The normalized spacial score (nSPS) is 12.6. The van der Waals surface area contributed by atoms with Crippen LogP contribution in [0.15, 0.2) is 12.7 Å². The third-order valence-corrected chi connectivity index (χ3v) is 2.81. The van der Waals surface area contributed by atoms with Crippen LogP contribution >= 0.6 is 0 Å². The van der Waals surface area contributed by atoms with E-state index in [0.29, 0.717) is 6.04 Å². The highest BCUT2D eigenvalue weighted by Crippen LogP contribution is 2.07. The molecule has 0 bridgehead atoms. The molecule has 0 aromatic rings. The quantitative estimate of drug-likeness (QED) is 0.390. The van der Waals surface area contributed by atoms with E-state index >= 15 is 0 Å². The van der Waals surface area contributed by atoms with Gasteiger partial charge in [-0.3, -0.25) is 0 Å². The summed E-state index contributed by atoms with van der Waals surface area (Å²) in [4.78, 5) is 0. The van der Waals surface area contributed by atoms with Crippen LogP contribution in [0.1, 0.15) is 58.8 Å². The minimum absolute atomic E-state index is 0.547. The summed E-state index contributed by atoms with van der Waals surface area (Å²) in [5.74, 6) is 0. The molecular weight excluding hydrogens is 210 g/mol. The van der Waals surface area contributed by atoms with Gasteiger partial charge in [-0.25, -0.2) is 0 Å². The van der Waals surface area contributed by atoms with E-state index in [1.54, 1.807) is 0 Å². The first-order chi connectivity index (χ1) is 8.35. The molecule has 0 rings (SSSR count). The van der Waals surface area contributed by atoms with E-state index in [4.69, 9.17) is 4.74 Å². The van der Waals surface area contributed by atoms with Crippen LogP contribution in [0.5, 0.6) is 0 Å². The number of nitrogens with one attached hydrogen (secondary N) is 1. The summed E-state index contributed by atoms with van der Waals surface area (Å²) in [5, 5.41) is 3.57. The monoisotopic (exact) mass is 241 g/mol. The van der Waals surface area contributed by atoms with Crippen LogP contribution in [-0.2, 0) is 4.74 Å². The average molecular weight is 241 g/mol. The molecule has 0 spiro atoms. The number of hydrogen-bond acceptors (Lipinski definition) is 2. The number of rotatable bonds is 13. The van der Waals surface area contributed by atoms with E-state index in [9.17, 15) is 0 Å². The fraction of sp³-hybridized carbons (Fsp3) is 0.867. The van der Waals surface area contributed by atoms with Crippen molar-refractivity contribution in [2.45, 2.75) is 64.8 Å². The molecule has 1 unspecified atom stereocenters. The summed E-state index contributed by atoms with van der Waals surface area (Å²) in [5.41, 5.74) is 0. The van der Waals surface area contributed by atoms with Crippen LogP contribution in [0.3, 0.4) is 0 Å². The minimum Gasteiger partial charge on any atom is -0.380 e. The zero-order valence-corrected chi connectivity index (χ0v) is 11.8. The van der Waals surface area contributed by atoms with Crippen LogP contribution in [0.4, 0.5) is 0 Å². The highest BCUT2D eigenvalue weighted by atomic mass is 16.5. The average Bonchev–Trinajstić information content (AvgIpc) is 2.35. The summed E-state index contributed by atoms with van der Waals surface area (Å²) >= 11 is 0.